The Labute approximate surface area is 203 Å². The zero-order chi connectivity index (χ0) is 25.6. The smallest absolute Gasteiger partial charge is 0.267 e. The van der Waals surface area contributed by atoms with Crippen LogP contribution in [-0.4, -0.2) is 53.4 Å². The lowest BCUT2D eigenvalue weighted by Gasteiger charge is -2.21. The number of carbonyl (C=O) groups is 2. The van der Waals surface area contributed by atoms with Crippen molar-refractivity contribution < 1.29 is 18.4 Å². The number of aldehydes is 1. The van der Waals surface area contributed by atoms with Crippen molar-refractivity contribution in [2.45, 2.75) is 50.5 Å². The fourth-order valence-corrected chi connectivity index (χ4v) is 3.77. The van der Waals surface area contributed by atoms with Gasteiger partial charge in [0.15, 0.2) is 12.1 Å². The van der Waals surface area contributed by atoms with Crippen LogP contribution in [0.3, 0.4) is 0 Å². The first-order valence-corrected chi connectivity index (χ1v) is 11.3. The molecular weight excluding hydrogens is 466 g/mol. The second kappa shape index (κ2) is 15.0. The van der Waals surface area contributed by atoms with Gasteiger partial charge in [-0.2, -0.15) is 5.10 Å². The van der Waals surface area contributed by atoms with Gasteiger partial charge in [0.25, 0.3) is 5.92 Å². The molecular formula is C23H31ClF2N6O2. The van der Waals surface area contributed by atoms with E-state index in [0.717, 1.165) is 29.7 Å². The monoisotopic (exact) mass is 496 g/mol. The molecule has 8 nitrogen and oxygen atoms in total. The third kappa shape index (κ3) is 9.08. The Bertz CT molecular complexity index is 899. The second-order valence-corrected chi connectivity index (χ2v) is 8.07. The van der Waals surface area contributed by atoms with Crippen LogP contribution >= 0.6 is 11.6 Å². The van der Waals surface area contributed by atoms with Gasteiger partial charge in [0.05, 0.1) is 18.2 Å². The van der Waals surface area contributed by atoms with E-state index in [4.69, 9.17) is 16.9 Å². The molecule has 0 radical (unpaired) electrons. The van der Waals surface area contributed by atoms with Crippen molar-refractivity contribution in [2.75, 3.05) is 25.5 Å². The molecule has 1 saturated carbocycles. The van der Waals surface area contributed by atoms with Crippen molar-refractivity contribution in [2.24, 2.45) is 5.73 Å². The van der Waals surface area contributed by atoms with Crippen LogP contribution in [0.1, 0.15) is 54.9 Å². The number of amides is 1. The molecule has 1 aliphatic heterocycles. The number of aromatic nitrogens is 2. The van der Waals surface area contributed by atoms with Crippen molar-refractivity contribution in [3.63, 3.8) is 0 Å². The molecule has 0 bridgehead atoms. The Morgan fingerprint density at radius 2 is 1.79 bits per heavy atom. The highest BCUT2D eigenvalue weighted by Crippen LogP contribution is 2.30. The number of hydrogen-bond acceptors (Lipinski definition) is 6. The molecule has 0 unspecified atom stereocenters. The van der Waals surface area contributed by atoms with Crippen LogP contribution in [0.5, 0.6) is 0 Å². The molecule has 1 aromatic carbocycles. The standard InChI is InChI=1S/C16H18ClN3O.C5H7F2NO.CH5N.CHN/c17-13-6-8-14(9-7-13)18-16-12(11-21)10-20(19-16)15-4-2-1-3-5-15;6-5(7)1-2-8(3-5)4-9;2*1-2/h6-11,15H,1-5H2,(H,18,19);4H,1-3H2;2H2,1H3;1H. The van der Waals surface area contributed by atoms with E-state index in [0.29, 0.717) is 28.9 Å². The summed E-state index contributed by atoms with van der Waals surface area (Å²) in [5.41, 5.74) is 5.96. The van der Waals surface area contributed by atoms with Crippen LogP contribution in [0.15, 0.2) is 30.5 Å². The largest absolute Gasteiger partial charge is 0.339 e. The highest BCUT2D eigenvalue weighted by atomic mass is 35.5. The van der Waals surface area contributed by atoms with E-state index < -0.39 is 12.5 Å². The van der Waals surface area contributed by atoms with Gasteiger partial charge in [-0.3, -0.25) is 14.3 Å². The van der Waals surface area contributed by atoms with E-state index in [9.17, 15) is 18.4 Å². The zero-order valence-electron chi connectivity index (χ0n) is 19.2. The molecule has 4 rings (SSSR count). The van der Waals surface area contributed by atoms with E-state index in [2.05, 4.69) is 22.7 Å². The first-order chi connectivity index (χ1) is 16.4. The van der Waals surface area contributed by atoms with Gasteiger partial charge in [-0.15, -0.1) is 0 Å². The van der Waals surface area contributed by atoms with Crippen molar-refractivity contribution in [3.8, 4) is 6.57 Å². The maximum Gasteiger partial charge on any atom is 0.267 e. The number of benzene rings is 1. The van der Waals surface area contributed by atoms with Gasteiger partial charge in [0, 0.05) is 36.4 Å². The molecule has 186 valence electrons. The summed E-state index contributed by atoms with van der Waals surface area (Å²) in [4.78, 5) is 22.2. The Morgan fingerprint density at radius 3 is 2.26 bits per heavy atom. The van der Waals surface area contributed by atoms with Crippen LogP contribution in [0.25, 0.3) is 0 Å². The molecule has 3 N–H and O–H groups in total. The average molecular weight is 497 g/mol. The summed E-state index contributed by atoms with van der Waals surface area (Å²) >= 11 is 5.88. The number of hydrogen-bond donors (Lipinski definition) is 2. The van der Waals surface area contributed by atoms with Crippen molar-refractivity contribution in [1.82, 2.24) is 14.7 Å². The summed E-state index contributed by atoms with van der Waals surface area (Å²) in [7, 11) is 1.50. The number of likely N-dealkylation sites (tertiary alicyclic amines) is 1. The molecule has 2 fully saturated rings. The van der Waals surface area contributed by atoms with Crippen LogP contribution in [-0.2, 0) is 4.79 Å². The van der Waals surface area contributed by atoms with Crippen molar-refractivity contribution in [1.29, 1.82) is 5.26 Å². The molecule has 2 aromatic rings. The molecule has 2 heterocycles. The van der Waals surface area contributed by atoms with Gasteiger partial charge in [0.2, 0.25) is 6.41 Å². The number of rotatable bonds is 5. The summed E-state index contributed by atoms with van der Waals surface area (Å²) in [6.45, 7) is 3.28. The number of nitrogens with two attached hydrogens (primary N) is 1. The fourth-order valence-electron chi connectivity index (χ4n) is 3.64. The number of carbonyl (C=O) groups excluding carboxylic acids is 2. The lowest BCUT2D eigenvalue weighted by atomic mass is 9.96. The molecule has 1 aliphatic carbocycles. The molecule has 34 heavy (non-hydrogen) atoms. The minimum Gasteiger partial charge on any atom is -0.339 e. The Morgan fingerprint density at radius 1 is 1.18 bits per heavy atom. The molecule has 0 spiro atoms. The van der Waals surface area contributed by atoms with Gasteiger partial charge in [0.1, 0.15) is 0 Å². The Kier molecular flexibility index (Phi) is 12.8. The number of alkyl halides is 2. The minimum absolute atomic E-state index is 0.189. The number of anilines is 2. The fraction of sp³-hybridized carbons (Fsp3) is 0.478. The van der Waals surface area contributed by atoms with Crippen molar-refractivity contribution in [3.05, 3.63) is 41.0 Å². The number of nitrogens with one attached hydrogen (secondary N) is 1. The van der Waals surface area contributed by atoms with Gasteiger partial charge in [-0.05, 0) is 44.2 Å². The third-order valence-electron chi connectivity index (χ3n) is 5.29. The number of nitriles is 1. The molecule has 1 saturated heterocycles. The quantitative estimate of drug-likeness (QED) is 0.574. The van der Waals surface area contributed by atoms with Crippen LogP contribution < -0.4 is 11.1 Å². The predicted octanol–water partition coefficient (Wildman–Crippen LogP) is 4.80. The van der Waals surface area contributed by atoms with Gasteiger partial charge >= 0.3 is 0 Å². The van der Waals surface area contributed by atoms with E-state index in [1.165, 1.54) is 26.3 Å². The minimum atomic E-state index is -2.64. The molecule has 1 amide bonds. The lowest BCUT2D eigenvalue weighted by Crippen LogP contribution is -2.23. The van der Waals surface area contributed by atoms with E-state index in [1.807, 2.05) is 35.1 Å². The molecule has 11 heteroatoms. The summed E-state index contributed by atoms with van der Waals surface area (Å²) in [5, 5.41) is 14.9. The summed E-state index contributed by atoms with van der Waals surface area (Å²) < 4.78 is 26.3. The number of nitrogens with zero attached hydrogens (tertiary/aromatic N) is 4. The number of halogens is 3. The van der Waals surface area contributed by atoms with E-state index >= 15 is 0 Å². The summed E-state index contributed by atoms with van der Waals surface area (Å²) in [6, 6.07) is 7.77. The normalized spacial score (nSPS) is 16.5. The Balaban J connectivity index is 0.000000373. The van der Waals surface area contributed by atoms with Gasteiger partial charge < -0.3 is 16.0 Å². The maximum absolute atomic E-state index is 12.2. The van der Waals surface area contributed by atoms with Gasteiger partial charge in [-0.25, -0.2) is 14.0 Å². The molecule has 0 atom stereocenters. The summed E-state index contributed by atoms with van der Waals surface area (Å²) in [5.74, 6) is -2.03. The molecule has 1 aromatic heterocycles. The van der Waals surface area contributed by atoms with E-state index in [1.54, 1.807) is 0 Å². The predicted molar refractivity (Wildman–Crippen MR) is 128 cm³/mol. The van der Waals surface area contributed by atoms with Crippen LogP contribution in [0.2, 0.25) is 5.02 Å². The average Bonchev–Trinajstić information content (AvgIpc) is 3.46. The zero-order valence-corrected chi connectivity index (χ0v) is 19.9. The van der Waals surface area contributed by atoms with Crippen molar-refractivity contribution >= 4 is 35.8 Å². The molecule has 2 aliphatic rings. The highest BCUT2D eigenvalue weighted by molar-refractivity contribution is 6.30. The third-order valence-corrected chi connectivity index (χ3v) is 5.54. The second-order valence-electron chi connectivity index (χ2n) is 7.64. The first kappa shape index (κ1) is 29.0. The van der Waals surface area contributed by atoms with Crippen LogP contribution in [0, 0.1) is 11.8 Å². The SMILES string of the molecule is C#N.CN.O=CN1CCC(F)(F)C1.O=Cc1cn(C2CCCCC2)nc1Nc1ccc(Cl)cc1. The van der Waals surface area contributed by atoms with E-state index in [-0.39, 0.29) is 13.0 Å². The maximum atomic E-state index is 12.2. The Hall–Kier alpha value is -3.03. The summed E-state index contributed by atoms with van der Waals surface area (Å²) in [6.07, 6.45) is 9.02. The van der Waals surface area contributed by atoms with Gasteiger partial charge in [-0.1, -0.05) is 30.9 Å². The van der Waals surface area contributed by atoms with Crippen LogP contribution in [0.4, 0.5) is 20.3 Å². The lowest BCUT2D eigenvalue weighted by molar-refractivity contribution is -0.118. The highest BCUT2D eigenvalue weighted by Gasteiger charge is 2.37. The topological polar surface area (TPSA) is 117 Å². The first-order valence-electron chi connectivity index (χ1n) is 10.9.